The molecule has 2 heteroatoms. The van der Waals surface area contributed by atoms with Gasteiger partial charge in [-0.1, -0.05) is 32.6 Å². The van der Waals surface area contributed by atoms with Gasteiger partial charge in [0.2, 0.25) is 0 Å². The first kappa shape index (κ1) is 14.8. The first-order valence-electron chi connectivity index (χ1n) is 9.24. The largest absolute Gasteiger partial charge is 0.327 e. The van der Waals surface area contributed by atoms with Gasteiger partial charge in [0.05, 0.1) is 0 Å². The predicted molar refractivity (Wildman–Crippen MR) is 85.6 cm³/mol. The highest BCUT2D eigenvalue weighted by Crippen LogP contribution is 2.37. The summed E-state index contributed by atoms with van der Waals surface area (Å²) >= 11 is 0. The van der Waals surface area contributed by atoms with Crippen molar-refractivity contribution in [3.05, 3.63) is 0 Å². The van der Waals surface area contributed by atoms with Crippen molar-refractivity contribution in [1.82, 2.24) is 4.90 Å². The molecule has 1 saturated heterocycles. The quantitative estimate of drug-likeness (QED) is 0.854. The molecule has 5 unspecified atom stereocenters. The second kappa shape index (κ2) is 6.79. The van der Waals surface area contributed by atoms with Gasteiger partial charge in [-0.3, -0.25) is 0 Å². The highest BCUT2D eigenvalue weighted by Gasteiger charge is 2.34. The number of hydrogen-bond acceptors (Lipinski definition) is 2. The number of nitrogens with zero attached hydrogens (tertiary/aromatic N) is 1. The number of hydrogen-bond donors (Lipinski definition) is 1. The van der Waals surface area contributed by atoms with E-state index >= 15 is 0 Å². The van der Waals surface area contributed by atoms with Crippen LogP contribution in [0.5, 0.6) is 0 Å². The molecule has 0 spiro atoms. The Labute approximate surface area is 125 Å². The van der Waals surface area contributed by atoms with Crippen molar-refractivity contribution in [2.24, 2.45) is 29.4 Å². The summed E-state index contributed by atoms with van der Waals surface area (Å²) in [5, 5.41) is 0. The summed E-state index contributed by atoms with van der Waals surface area (Å²) in [4.78, 5) is 2.77. The third-order valence-corrected chi connectivity index (χ3v) is 6.60. The minimum absolute atomic E-state index is 0.474. The first-order chi connectivity index (χ1) is 9.76. The van der Waals surface area contributed by atoms with E-state index in [0.717, 1.165) is 23.7 Å². The normalized spacial score (nSPS) is 43.2. The summed E-state index contributed by atoms with van der Waals surface area (Å²) in [6, 6.07) is 0.474. The van der Waals surface area contributed by atoms with E-state index in [1.54, 1.807) is 0 Å². The molecule has 2 nitrogen and oxygen atoms in total. The van der Waals surface area contributed by atoms with Crippen molar-refractivity contribution in [3.8, 4) is 0 Å². The van der Waals surface area contributed by atoms with Gasteiger partial charge in [-0.2, -0.15) is 0 Å². The molecular formula is C18H34N2. The van der Waals surface area contributed by atoms with Gasteiger partial charge in [0.25, 0.3) is 0 Å². The molecule has 0 aromatic rings. The van der Waals surface area contributed by atoms with Gasteiger partial charge in [-0.15, -0.1) is 0 Å². The van der Waals surface area contributed by atoms with Crippen LogP contribution in [-0.4, -0.2) is 30.6 Å². The molecular weight excluding hydrogens is 244 g/mol. The van der Waals surface area contributed by atoms with Crippen LogP contribution in [0.25, 0.3) is 0 Å². The Morgan fingerprint density at radius 3 is 2.60 bits per heavy atom. The first-order valence-corrected chi connectivity index (χ1v) is 9.24. The molecule has 2 aliphatic carbocycles. The smallest absolute Gasteiger partial charge is 0.00795 e. The number of fused-ring (bicyclic) bond motifs is 1. The minimum Gasteiger partial charge on any atom is -0.327 e. The van der Waals surface area contributed by atoms with Crippen LogP contribution in [0, 0.1) is 23.7 Å². The highest BCUT2D eigenvalue weighted by molar-refractivity contribution is 4.88. The SMILES string of the molecule is CCC1CCC(N)C(CN2CCC3CCCCC3C2)C1. The Morgan fingerprint density at radius 1 is 1.00 bits per heavy atom. The zero-order chi connectivity index (χ0) is 13.9. The average molecular weight is 278 g/mol. The predicted octanol–water partition coefficient (Wildman–Crippen LogP) is 3.65. The molecule has 3 fully saturated rings. The van der Waals surface area contributed by atoms with Crippen LogP contribution in [0.2, 0.25) is 0 Å². The van der Waals surface area contributed by atoms with Crippen molar-refractivity contribution < 1.29 is 0 Å². The Morgan fingerprint density at radius 2 is 1.80 bits per heavy atom. The van der Waals surface area contributed by atoms with Crippen LogP contribution in [0.3, 0.4) is 0 Å². The van der Waals surface area contributed by atoms with Crippen molar-refractivity contribution in [1.29, 1.82) is 0 Å². The maximum Gasteiger partial charge on any atom is 0.00795 e. The number of likely N-dealkylation sites (tertiary alicyclic amines) is 1. The molecule has 0 amide bonds. The van der Waals surface area contributed by atoms with E-state index in [1.165, 1.54) is 77.4 Å². The lowest BCUT2D eigenvalue weighted by molar-refractivity contribution is 0.0615. The maximum absolute atomic E-state index is 6.42. The topological polar surface area (TPSA) is 29.3 Å². The zero-order valence-corrected chi connectivity index (χ0v) is 13.4. The minimum atomic E-state index is 0.474. The van der Waals surface area contributed by atoms with Crippen LogP contribution < -0.4 is 5.73 Å². The molecule has 2 N–H and O–H groups in total. The fourth-order valence-electron chi connectivity index (χ4n) is 5.14. The Hall–Kier alpha value is -0.0800. The van der Waals surface area contributed by atoms with Crippen LogP contribution in [0.15, 0.2) is 0 Å². The summed E-state index contributed by atoms with van der Waals surface area (Å²) in [7, 11) is 0. The molecule has 5 atom stereocenters. The van der Waals surface area contributed by atoms with Gasteiger partial charge in [0, 0.05) is 19.1 Å². The fourth-order valence-corrected chi connectivity index (χ4v) is 5.14. The number of nitrogens with two attached hydrogens (primary N) is 1. The van der Waals surface area contributed by atoms with Crippen molar-refractivity contribution in [2.75, 3.05) is 19.6 Å². The summed E-state index contributed by atoms with van der Waals surface area (Å²) in [5.74, 6) is 3.79. The van der Waals surface area contributed by atoms with Crippen LogP contribution >= 0.6 is 0 Å². The van der Waals surface area contributed by atoms with Gasteiger partial charge in [0.15, 0.2) is 0 Å². The van der Waals surface area contributed by atoms with Crippen molar-refractivity contribution >= 4 is 0 Å². The molecule has 116 valence electrons. The molecule has 2 saturated carbocycles. The third kappa shape index (κ3) is 3.39. The van der Waals surface area contributed by atoms with E-state index < -0.39 is 0 Å². The molecule has 1 aliphatic heterocycles. The van der Waals surface area contributed by atoms with Gasteiger partial charge < -0.3 is 10.6 Å². The Bertz CT molecular complexity index is 304. The summed E-state index contributed by atoms with van der Waals surface area (Å²) in [6.07, 6.45) is 12.8. The third-order valence-electron chi connectivity index (χ3n) is 6.60. The van der Waals surface area contributed by atoms with E-state index in [2.05, 4.69) is 11.8 Å². The van der Waals surface area contributed by atoms with Gasteiger partial charge in [-0.05, 0) is 62.3 Å². The summed E-state index contributed by atoms with van der Waals surface area (Å²) < 4.78 is 0. The lowest BCUT2D eigenvalue weighted by Gasteiger charge is -2.44. The monoisotopic (exact) mass is 278 g/mol. The van der Waals surface area contributed by atoms with Crippen molar-refractivity contribution in [2.45, 2.75) is 70.8 Å². The van der Waals surface area contributed by atoms with Gasteiger partial charge in [-0.25, -0.2) is 0 Å². The Balaban J connectivity index is 1.52. The van der Waals surface area contributed by atoms with E-state index in [0.29, 0.717) is 6.04 Å². The molecule has 3 aliphatic rings. The fraction of sp³-hybridized carbons (Fsp3) is 1.00. The zero-order valence-electron chi connectivity index (χ0n) is 13.4. The van der Waals surface area contributed by atoms with Gasteiger partial charge in [0.1, 0.15) is 0 Å². The maximum atomic E-state index is 6.42. The molecule has 1 heterocycles. The number of piperidine rings is 1. The molecule has 20 heavy (non-hydrogen) atoms. The Kier molecular flexibility index (Phi) is 5.04. The molecule has 0 bridgehead atoms. The van der Waals surface area contributed by atoms with Crippen LogP contribution in [0.4, 0.5) is 0 Å². The number of rotatable bonds is 3. The highest BCUT2D eigenvalue weighted by atomic mass is 15.1. The second-order valence-electron chi connectivity index (χ2n) is 7.86. The molecule has 0 radical (unpaired) electrons. The van der Waals surface area contributed by atoms with E-state index in [4.69, 9.17) is 5.73 Å². The van der Waals surface area contributed by atoms with E-state index in [-0.39, 0.29) is 0 Å². The molecule has 3 rings (SSSR count). The van der Waals surface area contributed by atoms with E-state index in [1.807, 2.05) is 0 Å². The lowest BCUT2D eigenvalue weighted by atomic mass is 9.74. The van der Waals surface area contributed by atoms with E-state index in [9.17, 15) is 0 Å². The second-order valence-corrected chi connectivity index (χ2v) is 7.86. The summed E-state index contributed by atoms with van der Waals surface area (Å²) in [6.45, 7) is 6.37. The average Bonchev–Trinajstić information content (AvgIpc) is 2.49. The molecule has 0 aromatic heterocycles. The molecule has 0 aromatic carbocycles. The standard InChI is InChI=1S/C18H34N2/c1-2-14-7-8-18(19)17(11-14)13-20-10-9-15-5-3-4-6-16(15)12-20/h14-18H,2-13,19H2,1H3. The van der Waals surface area contributed by atoms with Crippen molar-refractivity contribution in [3.63, 3.8) is 0 Å². The lowest BCUT2D eigenvalue weighted by Crippen LogP contribution is -2.48. The summed E-state index contributed by atoms with van der Waals surface area (Å²) in [5.41, 5.74) is 6.42. The van der Waals surface area contributed by atoms with Crippen LogP contribution in [0.1, 0.15) is 64.7 Å². The van der Waals surface area contributed by atoms with Gasteiger partial charge >= 0.3 is 0 Å². The van der Waals surface area contributed by atoms with Crippen LogP contribution in [-0.2, 0) is 0 Å².